The fourth-order valence-electron chi connectivity index (χ4n) is 1.63. The smallest absolute Gasteiger partial charge is 0.147 e. The van der Waals surface area contributed by atoms with Gasteiger partial charge in [0.2, 0.25) is 0 Å². The minimum Gasteiger partial charge on any atom is -0.369 e. The Morgan fingerprint density at radius 2 is 2.05 bits per heavy atom. The van der Waals surface area contributed by atoms with Crippen LogP contribution in [0.3, 0.4) is 0 Å². The first-order valence-corrected chi connectivity index (χ1v) is 7.25. The first-order chi connectivity index (χ1) is 9.19. The molecule has 19 heavy (non-hydrogen) atoms. The Balaban J connectivity index is 2.02. The second kappa shape index (κ2) is 6.47. The van der Waals surface area contributed by atoms with Crippen LogP contribution < -0.4 is 10.6 Å². The molecule has 6 heteroatoms. The molecule has 2 N–H and O–H groups in total. The van der Waals surface area contributed by atoms with Crippen molar-refractivity contribution in [3.8, 4) is 0 Å². The number of hydrogen-bond donors (Lipinski definition) is 2. The van der Waals surface area contributed by atoms with Gasteiger partial charge >= 0.3 is 0 Å². The Hall–Kier alpha value is -1.69. The Morgan fingerprint density at radius 1 is 1.26 bits per heavy atom. The van der Waals surface area contributed by atoms with E-state index in [0.717, 1.165) is 29.6 Å². The average Bonchev–Trinajstić information content (AvgIpc) is 2.83. The van der Waals surface area contributed by atoms with Crippen molar-refractivity contribution < 1.29 is 0 Å². The molecule has 2 heterocycles. The van der Waals surface area contributed by atoms with Crippen LogP contribution in [0.25, 0.3) is 0 Å². The van der Waals surface area contributed by atoms with E-state index in [-0.39, 0.29) is 6.04 Å². The van der Waals surface area contributed by atoms with E-state index in [0.29, 0.717) is 0 Å². The van der Waals surface area contributed by atoms with Gasteiger partial charge in [-0.3, -0.25) is 4.98 Å². The number of nitrogens with one attached hydrogen (secondary N) is 2. The number of nitrogens with zero attached hydrogens (tertiary/aromatic N) is 3. The molecule has 2 aromatic heterocycles. The summed E-state index contributed by atoms with van der Waals surface area (Å²) in [5.74, 6) is 1.57. The average molecular weight is 277 g/mol. The quantitative estimate of drug-likeness (QED) is 0.848. The number of aromatic nitrogens is 3. The Labute approximate surface area is 117 Å². The zero-order valence-electron chi connectivity index (χ0n) is 11.5. The SMILES string of the molecule is CCCNc1cncc(NC(C)c2ncc(C)s2)n1. The molecule has 1 atom stereocenters. The summed E-state index contributed by atoms with van der Waals surface area (Å²) < 4.78 is 0. The van der Waals surface area contributed by atoms with Gasteiger partial charge in [-0.2, -0.15) is 0 Å². The van der Waals surface area contributed by atoms with E-state index < -0.39 is 0 Å². The van der Waals surface area contributed by atoms with E-state index in [1.165, 1.54) is 4.88 Å². The summed E-state index contributed by atoms with van der Waals surface area (Å²) in [6, 6.07) is 0.134. The predicted molar refractivity (Wildman–Crippen MR) is 79.7 cm³/mol. The molecule has 0 radical (unpaired) electrons. The van der Waals surface area contributed by atoms with Crippen LogP contribution in [0.4, 0.5) is 11.6 Å². The molecule has 0 spiro atoms. The molecule has 0 aliphatic rings. The first kappa shape index (κ1) is 13.7. The summed E-state index contributed by atoms with van der Waals surface area (Å²) in [4.78, 5) is 14.3. The Kier molecular flexibility index (Phi) is 4.68. The molecule has 1 unspecified atom stereocenters. The summed E-state index contributed by atoms with van der Waals surface area (Å²) in [7, 11) is 0. The maximum absolute atomic E-state index is 4.47. The largest absolute Gasteiger partial charge is 0.369 e. The third kappa shape index (κ3) is 3.89. The van der Waals surface area contributed by atoms with Crippen molar-refractivity contribution in [3.05, 3.63) is 28.5 Å². The van der Waals surface area contributed by atoms with Crippen molar-refractivity contribution in [1.29, 1.82) is 0 Å². The van der Waals surface area contributed by atoms with Crippen LogP contribution >= 0.6 is 11.3 Å². The van der Waals surface area contributed by atoms with Crippen molar-refractivity contribution in [3.63, 3.8) is 0 Å². The van der Waals surface area contributed by atoms with Gasteiger partial charge in [0.05, 0.1) is 18.4 Å². The molecule has 2 aromatic rings. The molecule has 0 aromatic carbocycles. The maximum atomic E-state index is 4.47. The highest BCUT2D eigenvalue weighted by molar-refractivity contribution is 7.11. The molecule has 0 saturated carbocycles. The van der Waals surface area contributed by atoms with Crippen LogP contribution in [-0.4, -0.2) is 21.5 Å². The fourth-order valence-corrected chi connectivity index (χ4v) is 2.41. The van der Waals surface area contributed by atoms with E-state index in [1.54, 1.807) is 23.7 Å². The monoisotopic (exact) mass is 277 g/mol. The summed E-state index contributed by atoms with van der Waals surface area (Å²) in [5.41, 5.74) is 0. The van der Waals surface area contributed by atoms with Crippen molar-refractivity contribution >= 4 is 23.0 Å². The second-order valence-corrected chi connectivity index (χ2v) is 5.66. The molecule has 0 aliphatic carbocycles. The van der Waals surface area contributed by atoms with Crippen LogP contribution in [0.15, 0.2) is 18.6 Å². The number of thiazole rings is 1. The van der Waals surface area contributed by atoms with Crippen molar-refractivity contribution in [2.24, 2.45) is 0 Å². The lowest BCUT2D eigenvalue weighted by atomic mass is 10.3. The minimum absolute atomic E-state index is 0.134. The normalized spacial score (nSPS) is 12.2. The minimum atomic E-state index is 0.134. The summed E-state index contributed by atoms with van der Waals surface area (Å²) in [5, 5.41) is 7.61. The topological polar surface area (TPSA) is 62.7 Å². The lowest BCUT2D eigenvalue weighted by Crippen LogP contribution is -2.09. The van der Waals surface area contributed by atoms with Crippen LogP contribution in [0.5, 0.6) is 0 Å². The van der Waals surface area contributed by atoms with Crippen molar-refractivity contribution in [2.75, 3.05) is 17.2 Å². The van der Waals surface area contributed by atoms with E-state index in [4.69, 9.17) is 0 Å². The number of aryl methyl sites for hydroxylation is 1. The van der Waals surface area contributed by atoms with Gasteiger partial charge in [0.25, 0.3) is 0 Å². The summed E-state index contributed by atoms with van der Waals surface area (Å²) in [6.45, 7) is 7.16. The number of hydrogen-bond acceptors (Lipinski definition) is 6. The zero-order valence-corrected chi connectivity index (χ0v) is 12.3. The van der Waals surface area contributed by atoms with Crippen molar-refractivity contribution in [2.45, 2.75) is 33.2 Å². The summed E-state index contributed by atoms with van der Waals surface area (Å²) >= 11 is 1.70. The highest BCUT2D eigenvalue weighted by Gasteiger charge is 2.10. The van der Waals surface area contributed by atoms with Gasteiger partial charge in [-0.05, 0) is 20.3 Å². The molecule has 0 amide bonds. The van der Waals surface area contributed by atoms with Gasteiger partial charge < -0.3 is 10.6 Å². The van der Waals surface area contributed by atoms with Crippen LogP contribution in [0, 0.1) is 6.92 Å². The van der Waals surface area contributed by atoms with Crippen LogP contribution in [0.1, 0.15) is 36.2 Å². The molecule has 0 aliphatic heterocycles. The Bertz CT molecular complexity index is 525. The lowest BCUT2D eigenvalue weighted by Gasteiger charge is -2.12. The number of rotatable bonds is 6. The van der Waals surface area contributed by atoms with E-state index in [2.05, 4.69) is 46.4 Å². The molecule has 5 nitrogen and oxygen atoms in total. The molecule has 102 valence electrons. The van der Waals surface area contributed by atoms with Gasteiger partial charge in [-0.1, -0.05) is 6.92 Å². The van der Waals surface area contributed by atoms with E-state index in [1.807, 2.05) is 6.20 Å². The van der Waals surface area contributed by atoms with Gasteiger partial charge in [-0.15, -0.1) is 11.3 Å². The van der Waals surface area contributed by atoms with Crippen LogP contribution in [0.2, 0.25) is 0 Å². The van der Waals surface area contributed by atoms with Gasteiger partial charge in [-0.25, -0.2) is 9.97 Å². The van der Waals surface area contributed by atoms with Crippen molar-refractivity contribution in [1.82, 2.24) is 15.0 Å². The third-order valence-corrected chi connectivity index (χ3v) is 3.66. The summed E-state index contributed by atoms with van der Waals surface area (Å²) in [6.07, 6.45) is 6.42. The predicted octanol–water partition coefficient (Wildman–Crippen LogP) is 3.24. The first-order valence-electron chi connectivity index (χ1n) is 6.44. The third-order valence-electron chi connectivity index (χ3n) is 2.56. The fraction of sp³-hybridized carbons (Fsp3) is 0.462. The molecule has 0 saturated heterocycles. The Morgan fingerprint density at radius 3 is 2.74 bits per heavy atom. The zero-order chi connectivity index (χ0) is 13.7. The molecular formula is C13H19N5S. The molecule has 0 fully saturated rings. The van der Waals surface area contributed by atoms with E-state index in [9.17, 15) is 0 Å². The molecule has 0 bridgehead atoms. The van der Waals surface area contributed by atoms with E-state index >= 15 is 0 Å². The van der Waals surface area contributed by atoms with Gasteiger partial charge in [0.15, 0.2) is 0 Å². The highest BCUT2D eigenvalue weighted by atomic mass is 32.1. The maximum Gasteiger partial charge on any atom is 0.147 e. The molecular weight excluding hydrogens is 258 g/mol. The number of anilines is 2. The van der Waals surface area contributed by atoms with Crippen LogP contribution in [-0.2, 0) is 0 Å². The van der Waals surface area contributed by atoms with Gasteiger partial charge in [0.1, 0.15) is 16.6 Å². The highest BCUT2D eigenvalue weighted by Crippen LogP contribution is 2.22. The lowest BCUT2D eigenvalue weighted by molar-refractivity contribution is 0.857. The standard InChI is InChI=1S/C13H19N5S/c1-4-5-15-11-7-14-8-12(18-11)17-10(3)13-16-6-9(2)19-13/h6-8,10H,4-5H2,1-3H3,(H2,15,17,18). The molecule has 2 rings (SSSR count). The second-order valence-electron chi connectivity index (χ2n) is 4.39. The van der Waals surface area contributed by atoms with Gasteiger partial charge in [0, 0.05) is 17.6 Å².